The number of carbonyl (C=O) groups excluding carboxylic acids is 1. The second kappa shape index (κ2) is 7.33. The van der Waals surface area contributed by atoms with Crippen LogP contribution in [0.1, 0.15) is 25.8 Å². The minimum absolute atomic E-state index is 0. The van der Waals surface area contributed by atoms with Crippen molar-refractivity contribution in [2.75, 3.05) is 13.1 Å². The summed E-state index contributed by atoms with van der Waals surface area (Å²) < 4.78 is 0. The molecule has 1 aromatic carbocycles. The maximum atomic E-state index is 11.6. The van der Waals surface area contributed by atoms with E-state index < -0.39 is 0 Å². The Bertz CT molecular complexity index is 475. The average Bonchev–Trinajstić information content (AvgIpc) is 2.37. The average molecular weight is 278 g/mol. The van der Waals surface area contributed by atoms with Crippen molar-refractivity contribution in [1.29, 1.82) is 0 Å². The predicted molar refractivity (Wildman–Crippen MR) is 80.4 cm³/mol. The number of ketones is 1. The maximum Gasteiger partial charge on any atom is 0.138 e. The third kappa shape index (κ3) is 4.38. The lowest BCUT2D eigenvalue weighted by Gasteiger charge is -2.34. The molecule has 102 valence electrons. The highest BCUT2D eigenvalue weighted by molar-refractivity contribution is 5.85. The van der Waals surface area contributed by atoms with Gasteiger partial charge in [-0.3, -0.25) is 9.69 Å². The minimum atomic E-state index is 0. The van der Waals surface area contributed by atoms with Gasteiger partial charge in [-0.2, -0.15) is 0 Å². The molecule has 19 heavy (non-hydrogen) atoms. The Morgan fingerprint density at radius 3 is 2.63 bits per heavy atom. The fourth-order valence-corrected chi connectivity index (χ4v) is 2.24. The molecule has 1 aromatic rings. The first kappa shape index (κ1) is 15.8. The highest BCUT2D eigenvalue weighted by Gasteiger charge is 2.28. The smallest absolute Gasteiger partial charge is 0.138 e. The molecule has 1 aliphatic heterocycles. The van der Waals surface area contributed by atoms with Gasteiger partial charge in [0.2, 0.25) is 0 Å². The normalized spacial score (nSPS) is 23.2. The second-order valence-corrected chi connectivity index (χ2v) is 5.02. The molecule has 1 aliphatic rings. The quantitative estimate of drug-likeness (QED) is 0.736. The molecule has 0 aromatic heterocycles. The summed E-state index contributed by atoms with van der Waals surface area (Å²) in [4.78, 5) is 13.9. The Morgan fingerprint density at radius 2 is 1.95 bits per heavy atom. The molecule has 0 N–H and O–H groups in total. The van der Waals surface area contributed by atoms with Gasteiger partial charge in [-0.25, -0.2) is 0 Å². The standard InChI is InChI=1S/C16H19NO.ClH/c1-13-12-17(14(2)11-16(13)18)10-6-9-15-7-4-3-5-8-15;/h3-5,7-8,13-14H,10-12H2,1-2H3;1H. The summed E-state index contributed by atoms with van der Waals surface area (Å²) >= 11 is 0. The van der Waals surface area contributed by atoms with Crippen molar-refractivity contribution < 1.29 is 4.79 Å². The van der Waals surface area contributed by atoms with Crippen molar-refractivity contribution in [3.8, 4) is 11.8 Å². The van der Waals surface area contributed by atoms with E-state index >= 15 is 0 Å². The van der Waals surface area contributed by atoms with Crippen LogP contribution in [0.25, 0.3) is 0 Å². The van der Waals surface area contributed by atoms with E-state index in [1.165, 1.54) is 0 Å². The number of benzene rings is 1. The lowest BCUT2D eigenvalue weighted by molar-refractivity contribution is -0.127. The second-order valence-electron chi connectivity index (χ2n) is 5.02. The van der Waals surface area contributed by atoms with Gasteiger partial charge in [0.1, 0.15) is 5.78 Å². The summed E-state index contributed by atoms with van der Waals surface area (Å²) in [6.07, 6.45) is 0.661. The Morgan fingerprint density at radius 1 is 1.26 bits per heavy atom. The largest absolute Gasteiger partial charge is 0.299 e. The number of halogens is 1. The van der Waals surface area contributed by atoms with Crippen LogP contribution in [0, 0.1) is 17.8 Å². The van der Waals surface area contributed by atoms with Gasteiger partial charge in [-0.15, -0.1) is 12.4 Å². The summed E-state index contributed by atoms with van der Waals surface area (Å²) in [5, 5.41) is 0. The van der Waals surface area contributed by atoms with Gasteiger partial charge in [-0.1, -0.05) is 37.0 Å². The van der Waals surface area contributed by atoms with E-state index in [9.17, 15) is 4.79 Å². The molecule has 2 unspecified atom stereocenters. The van der Waals surface area contributed by atoms with Crippen molar-refractivity contribution in [1.82, 2.24) is 4.90 Å². The van der Waals surface area contributed by atoms with Crippen molar-refractivity contribution in [3.05, 3.63) is 35.9 Å². The first-order valence-corrected chi connectivity index (χ1v) is 6.47. The highest BCUT2D eigenvalue weighted by Crippen LogP contribution is 2.17. The van der Waals surface area contributed by atoms with Crippen LogP contribution < -0.4 is 0 Å². The summed E-state index contributed by atoms with van der Waals surface area (Å²) in [6.45, 7) is 5.69. The van der Waals surface area contributed by atoms with Gasteiger partial charge >= 0.3 is 0 Å². The monoisotopic (exact) mass is 277 g/mol. The molecule has 1 fully saturated rings. The molecule has 0 radical (unpaired) electrons. The summed E-state index contributed by atoms with van der Waals surface area (Å²) in [5.74, 6) is 6.90. The van der Waals surface area contributed by atoms with E-state index in [1.807, 2.05) is 37.3 Å². The molecule has 1 heterocycles. The first-order valence-electron chi connectivity index (χ1n) is 6.47. The lowest BCUT2D eigenvalue weighted by Crippen LogP contribution is -2.45. The zero-order valence-electron chi connectivity index (χ0n) is 11.4. The molecule has 0 aliphatic carbocycles. The summed E-state index contributed by atoms with van der Waals surface area (Å²) in [7, 11) is 0. The molecule has 0 spiro atoms. The van der Waals surface area contributed by atoms with Gasteiger partial charge < -0.3 is 0 Å². The molecule has 3 heteroatoms. The van der Waals surface area contributed by atoms with E-state index in [2.05, 4.69) is 23.7 Å². The van der Waals surface area contributed by atoms with Crippen LogP contribution in [0.15, 0.2) is 30.3 Å². The van der Waals surface area contributed by atoms with E-state index in [-0.39, 0.29) is 18.3 Å². The van der Waals surface area contributed by atoms with Gasteiger partial charge in [0.05, 0.1) is 6.54 Å². The van der Waals surface area contributed by atoms with Crippen LogP contribution in [0.3, 0.4) is 0 Å². The number of piperidine rings is 1. The number of rotatable bonds is 1. The van der Waals surface area contributed by atoms with Gasteiger partial charge in [0.15, 0.2) is 0 Å². The van der Waals surface area contributed by atoms with Crippen LogP contribution in [-0.4, -0.2) is 29.8 Å². The number of Topliss-reactive ketones (excluding diaryl/α,β-unsaturated/α-hetero) is 1. The fraction of sp³-hybridized carbons (Fsp3) is 0.438. The SMILES string of the molecule is CC1CN(CC#Cc2ccccc2)C(C)CC1=O.Cl. The molecule has 2 nitrogen and oxygen atoms in total. The lowest BCUT2D eigenvalue weighted by atomic mass is 9.94. The van der Waals surface area contributed by atoms with Gasteiger partial charge in [-0.05, 0) is 19.1 Å². The number of hydrogen-bond acceptors (Lipinski definition) is 2. The van der Waals surface area contributed by atoms with Gasteiger partial charge in [0.25, 0.3) is 0 Å². The Kier molecular flexibility index (Phi) is 6.08. The molecule has 2 rings (SSSR count). The topological polar surface area (TPSA) is 20.3 Å². The number of nitrogens with zero attached hydrogens (tertiary/aromatic N) is 1. The summed E-state index contributed by atoms with van der Waals surface area (Å²) in [6, 6.07) is 10.3. The van der Waals surface area contributed by atoms with Crippen molar-refractivity contribution in [2.45, 2.75) is 26.3 Å². The molecule has 0 saturated carbocycles. The maximum absolute atomic E-state index is 11.6. The van der Waals surface area contributed by atoms with E-state index in [4.69, 9.17) is 0 Å². The number of likely N-dealkylation sites (tertiary alicyclic amines) is 1. The first-order chi connectivity index (χ1) is 8.66. The summed E-state index contributed by atoms with van der Waals surface area (Å²) in [5.41, 5.74) is 1.05. The van der Waals surface area contributed by atoms with E-state index in [1.54, 1.807) is 0 Å². The van der Waals surface area contributed by atoms with Gasteiger partial charge in [0, 0.05) is 30.5 Å². The molecular formula is C16H20ClNO. The Balaban J connectivity index is 0.00000180. The van der Waals surface area contributed by atoms with Crippen LogP contribution in [-0.2, 0) is 4.79 Å². The highest BCUT2D eigenvalue weighted by atomic mass is 35.5. The molecule has 1 saturated heterocycles. The zero-order chi connectivity index (χ0) is 13.0. The van der Waals surface area contributed by atoms with E-state index in [0.29, 0.717) is 18.2 Å². The van der Waals surface area contributed by atoms with Crippen molar-refractivity contribution in [3.63, 3.8) is 0 Å². The Hall–Kier alpha value is -1.30. The molecule has 2 atom stereocenters. The Labute approximate surface area is 121 Å². The van der Waals surface area contributed by atoms with E-state index in [0.717, 1.165) is 18.7 Å². The van der Waals surface area contributed by atoms with Crippen LogP contribution in [0.4, 0.5) is 0 Å². The fourth-order valence-electron chi connectivity index (χ4n) is 2.24. The third-order valence-corrected chi connectivity index (χ3v) is 3.47. The van der Waals surface area contributed by atoms with Crippen LogP contribution in [0.2, 0.25) is 0 Å². The predicted octanol–water partition coefficient (Wildman–Crippen LogP) is 2.76. The minimum Gasteiger partial charge on any atom is -0.299 e. The van der Waals surface area contributed by atoms with Crippen LogP contribution in [0.5, 0.6) is 0 Å². The molecular weight excluding hydrogens is 258 g/mol. The number of carbonyl (C=O) groups is 1. The molecule has 0 bridgehead atoms. The zero-order valence-corrected chi connectivity index (χ0v) is 12.2. The van der Waals surface area contributed by atoms with Crippen molar-refractivity contribution in [2.24, 2.45) is 5.92 Å². The van der Waals surface area contributed by atoms with Crippen molar-refractivity contribution >= 4 is 18.2 Å². The number of hydrogen-bond donors (Lipinski definition) is 0. The third-order valence-electron chi connectivity index (χ3n) is 3.47. The molecule has 0 amide bonds. The van der Waals surface area contributed by atoms with Crippen LogP contribution >= 0.6 is 12.4 Å².